The Morgan fingerprint density at radius 1 is 0.882 bits per heavy atom. The highest BCUT2D eigenvalue weighted by Gasteiger charge is 2.17. The Balaban J connectivity index is 1.23. The highest BCUT2D eigenvalue weighted by Crippen LogP contribution is 2.25. The molecule has 0 spiro atoms. The van der Waals surface area contributed by atoms with E-state index in [1.165, 1.54) is 5.69 Å². The van der Waals surface area contributed by atoms with E-state index in [1.54, 1.807) is 0 Å². The molecule has 0 aromatic heterocycles. The van der Waals surface area contributed by atoms with Crippen LogP contribution in [0.5, 0.6) is 11.5 Å². The van der Waals surface area contributed by atoms with Crippen LogP contribution < -0.4 is 19.7 Å². The van der Waals surface area contributed by atoms with E-state index in [4.69, 9.17) is 9.47 Å². The van der Waals surface area contributed by atoms with Gasteiger partial charge in [0.2, 0.25) is 0 Å². The van der Waals surface area contributed by atoms with Crippen LogP contribution in [-0.2, 0) is 11.4 Å². The fourth-order valence-electron chi connectivity index (χ4n) is 4.11. The zero-order valence-electron chi connectivity index (χ0n) is 20.0. The molecule has 3 aromatic rings. The molecule has 1 aliphatic rings. The first-order valence-corrected chi connectivity index (χ1v) is 11.9. The number of amides is 1. The lowest BCUT2D eigenvalue weighted by Crippen LogP contribution is -2.46. The monoisotopic (exact) mass is 459 g/mol. The summed E-state index contributed by atoms with van der Waals surface area (Å²) in [6, 6.07) is 23.4. The first-order chi connectivity index (χ1) is 16.6. The zero-order valence-corrected chi connectivity index (χ0v) is 20.0. The van der Waals surface area contributed by atoms with Crippen molar-refractivity contribution in [1.29, 1.82) is 0 Å². The molecule has 1 amide bonds. The van der Waals surface area contributed by atoms with Crippen LogP contribution >= 0.6 is 0 Å². The van der Waals surface area contributed by atoms with Gasteiger partial charge in [-0.1, -0.05) is 37.3 Å². The Morgan fingerprint density at radius 2 is 1.56 bits per heavy atom. The number of hydrogen-bond acceptors (Lipinski definition) is 5. The molecule has 0 atom stereocenters. The smallest absolute Gasteiger partial charge is 0.262 e. The molecule has 0 unspecified atom stereocenters. The first-order valence-electron chi connectivity index (χ1n) is 11.9. The molecule has 0 bridgehead atoms. The minimum Gasteiger partial charge on any atom is -0.489 e. The molecule has 1 aliphatic heterocycles. The molecule has 34 heavy (non-hydrogen) atoms. The summed E-state index contributed by atoms with van der Waals surface area (Å²) in [5.41, 5.74) is 4.29. The summed E-state index contributed by atoms with van der Waals surface area (Å²) in [6.07, 6.45) is 0. The van der Waals surface area contributed by atoms with Crippen molar-refractivity contribution in [2.24, 2.45) is 0 Å². The second-order valence-corrected chi connectivity index (χ2v) is 8.51. The van der Waals surface area contributed by atoms with Crippen molar-refractivity contribution in [2.45, 2.75) is 20.5 Å². The third-order valence-corrected chi connectivity index (χ3v) is 6.08. The van der Waals surface area contributed by atoms with Crippen molar-refractivity contribution in [2.75, 3.05) is 49.5 Å². The van der Waals surface area contributed by atoms with Gasteiger partial charge >= 0.3 is 0 Å². The molecule has 1 saturated heterocycles. The molecule has 6 nitrogen and oxygen atoms in total. The van der Waals surface area contributed by atoms with Gasteiger partial charge in [0.25, 0.3) is 5.91 Å². The molecule has 178 valence electrons. The van der Waals surface area contributed by atoms with Crippen LogP contribution in [0.4, 0.5) is 11.4 Å². The van der Waals surface area contributed by atoms with Gasteiger partial charge in [-0.25, -0.2) is 0 Å². The third kappa shape index (κ3) is 6.51. The number of anilines is 2. The van der Waals surface area contributed by atoms with E-state index < -0.39 is 0 Å². The lowest BCUT2D eigenvalue weighted by Gasteiger charge is -2.36. The number of hydrogen-bond donors (Lipinski definition) is 1. The van der Waals surface area contributed by atoms with Crippen LogP contribution in [0.2, 0.25) is 0 Å². The third-order valence-electron chi connectivity index (χ3n) is 6.08. The van der Waals surface area contributed by atoms with E-state index in [1.807, 2.05) is 66.7 Å². The zero-order chi connectivity index (χ0) is 23.8. The van der Waals surface area contributed by atoms with Crippen molar-refractivity contribution >= 4 is 17.3 Å². The van der Waals surface area contributed by atoms with Gasteiger partial charge < -0.3 is 24.6 Å². The van der Waals surface area contributed by atoms with E-state index in [-0.39, 0.29) is 12.5 Å². The maximum Gasteiger partial charge on any atom is 0.262 e. The van der Waals surface area contributed by atoms with E-state index in [0.29, 0.717) is 12.4 Å². The van der Waals surface area contributed by atoms with Gasteiger partial charge in [0, 0.05) is 37.6 Å². The Kier molecular flexibility index (Phi) is 8.04. The molecule has 1 heterocycles. The van der Waals surface area contributed by atoms with Gasteiger partial charge in [0.05, 0.1) is 0 Å². The fourth-order valence-corrected chi connectivity index (χ4v) is 4.11. The van der Waals surface area contributed by atoms with Crippen molar-refractivity contribution in [1.82, 2.24) is 4.90 Å². The summed E-state index contributed by atoms with van der Waals surface area (Å²) in [5.74, 6) is 1.19. The average molecular weight is 460 g/mol. The predicted molar refractivity (Wildman–Crippen MR) is 137 cm³/mol. The number of aryl methyl sites for hydroxylation is 1. The quantitative estimate of drug-likeness (QED) is 0.501. The molecule has 0 aliphatic carbocycles. The van der Waals surface area contributed by atoms with Crippen LogP contribution in [0.15, 0.2) is 72.8 Å². The minimum absolute atomic E-state index is 0.0516. The van der Waals surface area contributed by atoms with E-state index in [2.05, 4.69) is 35.0 Å². The average Bonchev–Trinajstić information content (AvgIpc) is 2.88. The number of rotatable bonds is 9. The summed E-state index contributed by atoms with van der Waals surface area (Å²) >= 11 is 0. The van der Waals surface area contributed by atoms with E-state index in [0.717, 1.165) is 55.3 Å². The molecule has 0 saturated carbocycles. The van der Waals surface area contributed by atoms with Crippen molar-refractivity contribution in [3.8, 4) is 11.5 Å². The normalized spacial score (nSPS) is 14.0. The molecular formula is C28H33N3O3. The lowest BCUT2D eigenvalue weighted by atomic mass is 10.1. The highest BCUT2D eigenvalue weighted by atomic mass is 16.5. The topological polar surface area (TPSA) is 54.0 Å². The number of nitrogens with zero attached hydrogens (tertiary/aromatic N) is 2. The summed E-state index contributed by atoms with van der Waals surface area (Å²) in [4.78, 5) is 17.3. The Morgan fingerprint density at radius 3 is 2.21 bits per heavy atom. The fraction of sp³-hybridized carbons (Fsp3) is 0.321. The number of nitrogens with one attached hydrogen (secondary N) is 1. The first kappa shape index (κ1) is 23.6. The van der Waals surface area contributed by atoms with Crippen LogP contribution in [0.1, 0.15) is 18.1 Å². The molecule has 3 aromatic carbocycles. The molecule has 6 heteroatoms. The van der Waals surface area contributed by atoms with Crippen molar-refractivity contribution in [3.05, 3.63) is 83.9 Å². The molecular weight excluding hydrogens is 426 g/mol. The van der Waals surface area contributed by atoms with Crippen LogP contribution in [0, 0.1) is 6.92 Å². The maximum absolute atomic E-state index is 12.4. The minimum atomic E-state index is -0.187. The van der Waals surface area contributed by atoms with Crippen molar-refractivity contribution in [3.63, 3.8) is 0 Å². The van der Waals surface area contributed by atoms with Gasteiger partial charge in [-0.2, -0.15) is 0 Å². The molecule has 0 radical (unpaired) electrons. The summed E-state index contributed by atoms with van der Waals surface area (Å²) in [7, 11) is 0. The van der Waals surface area contributed by atoms with Gasteiger partial charge in [0.1, 0.15) is 18.1 Å². The summed E-state index contributed by atoms with van der Waals surface area (Å²) in [6.45, 7) is 10.1. The number of carbonyl (C=O) groups excluding carboxylic acids is 1. The van der Waals surface area contributed by atoms with Crippen LogP contribution in [0.25, 0.3) is 0 Å². The maximum atomic E-state index is 12.4. The number of likely N-dealkylation sites (N-methyl/N-ethyl adjacent to an activating group) is 1. The van der Waals surface area contributed by atoms with Crippen LogP contribution in [-0.4, -0.2) is 50.1 Å². The second-order valence-electron chi connectivity index (χ2n) is 8.51. The molecule has 4 rings (SSSR count). The SMILES string of the molecule is CCN1CCN(c2ccc(NC(=O)COc3ccc(OCc4ccccc4)cc3)cc2C)CC1. The number of benzene rings is 3. The summed E-state index contributed by atoms with van der Waals surface area (Å²) in [5, 5.41) is 2.93. The van der Waals surface area contributed by atoms with Crippen molar-refractivity contribution < 1.29 is 14.3 Å². The van der Waals surface area contributed by atoms with Gasteiger partial charge in [-0.15, -0.1) is 0 Å². The Labute approximate surface area is 202 Å². The number of piperazine rings is 1. The number of carbonyl (C=O) groups is 1. The standard InChI is InChI=1S/C28H33N3O3/c1-3-30-15-17-31(18-16-30)27-14-9-24(19-22(27)2)29-28(32)21-34-26-12-10-25(11-13-26)33-20-23-7-5-4-6-8-23/h4-14,19H,3,15-18,20-21H2,1-2H3,(H,29,32). The van der Waals surface area contributed by atoms with Gasteiger partial charge in [0.15, 0.2) is 6.61 Å². The highest BCUT2D eigenvalue weighted by molar-refractivity contribution is 5.92. The molecule has 1 fully saturated rings. The molecule has 1 N–H and O–H groups in total. The summed E-state index contributed by atoms with van der Waals surface area (Å²) < 4.78 is 11.4. The van der Waals surface area contributed by atoms with Gasteiger partial charge in [-0.3, -0.25) is 4.79 Å². The van der Waals surface area contributed by atoms with Crippen LogP contribution in [0.3, 0.4) is 0 Å². The van der Waals surface area contributed by atoms with E-state index >= 15 is 0 Å². The Hall–Kier alpha value is -3.51. The Bertz CT molecular complexity index is 1060. The second kappa shape index (κ2) is 11.6. The number of ether oxygens (including phenoxy) is 2. The largest absolute Gasteiger partial charge is 0.489 e. The van der Waals surface area contributed by atoms with E-state index in [9.17, 15) is 4.79 Å². The predicted octanol–water partition coefficient (Wildman–Crippen LogP) is 4.73. The lowest BCUT2D eigenvalue weighted by molar-refractivity contribution is -0.118. The van der Waals surface area contributed by atoms with Gasteiger partial charge in [-0.05, 0) is 67.1 Å².